The SMILES string of the molecule is COc1ccc(Oc2ncccc2F)cc1N. The fraction of sp³-hybridized carbons (Fsp3) is 0.0833. The Labute approximate surface area is 97.8 Å². The predicted molar refractivity (Wildman–Crippen MR) is 61.7 cm³/mol. The highest BCUT2D eigenvalue weighted by atomic mass is 19.1. The Morgan fingerprint density at radius 3 is 2.76 bits per heavy atom. The molecule has 4 nitrogen and oxygen atoms in total. The lowest BCUT2D eigenvalue weighted by atomic mass is 10.3. The summed E-state index contributed by atoms with van der Waals surface area (Å²) in [6, 6.07) is 7.58. The number of pyridine rings is 1. The van der Waals surface area contributed by atoms with E-state index in [-0.39, 0.29) is 5.88 Å². The van der Waals surface area contributed by atoms with E-state index < -0.39 is 5.82 Å². The molecule has 0 bridgehead atoms. The van der Waals surface area contributed by atoms with Crippen molar-refractivity contribution >= 4 is 5.69 Å². The highest BCUT2D eigenvalue weighted by Crippen LogP contribution is 2.29. The van der Waals surface area contributed by atoms with E-state index in [2.05, 4.69) is 4.98 Å². The number of benzene rings is 1. The first kappa shape index (κ1) is 11.2. The lowest BCUT2D eigenvalue weighted by Gasteiger charge is -2.08. The molecule has 0 aliphatic carbocycles. The van der Waals surface area contributed by atoms with Crippen molar-refractivity contribution in [3.63, 3.8) is 0 Å². The van der Waals surface area contributed by atoms with Gasteiger partial charge in [0.25, 0.3) is 5.88 Å². The van der Waals surface area contributed by atoms with Crippen LogP contribution in [-0.4, -0.2) is 12.1 Å². The number of hydrogen-bond donors (Lipinski definition) is 1. The summed E-state index contributed by atoms with van der Waals surface area (Å²) < 4.78 is 23.5. The molecule has 0 saturated heterocycles. The van der Waals surface area contributed by atoms with Gasteiger partial charge >= 0.3 is 0 Å². The molecule has 1 heterocycles. The molecule has 1 aromatic heterocycles. The zero-order chi connectivity index (χ0) is 12.3. The minimum atomic E-state index is -0.526. The van der Waals surface area contributed by atoms with E-state index in [0.717, 1.165) is 0 Å². The van der Waals surface area contributed by atoms with Crippen LogP contribution >= 0.6 is 0 Å². The number of ether oxygens (including phenoxy) is 2. The molecular formula is C12H11FN2O2. The van der Waals surface area contributed by atoms with Crippen molar-refractivity contribution in [2.24, 2.45) is 0 Å². The number of nitrogen functional groups attached to an aromatic ring is 1. The normalized spacial score (nSPS) is 10.0. The molecule has 0 aliphatic heterocycles. The average molecular weight is 234 g/mol. The van der Waals surface area contributed by atoms with Gasteiger partial charge in [0, 0.05) is 12.3 Å². The first-order valence-corrected chi connectivity index (χ1v) is 4.92. The van der Waals surface area contributed by atoms with Crippen molar-refractivity contribution in [1.29, 1.82) is 0 Å². The molecule has 2 N–H and O–H groups in total. The molecule has 0 saturated carbocycles. The van der Waals surface area contributed by atoms with Gasteiger partial charge in [0.15, 0.2) is 5.82 Å². The van der Waals surface area contributed by atoms with Crippen LogP contribution in [0, 0.1) is 5.82 Å². The zero-order valence-electron chi connectivity index (χ0n) is 9.18. The van der Waals surface area contributed by atoms with Crippen LogP contribution in [0.5, 0.6) is 17.4 Å². The molecule has 2 aromatic rings. The van der Waals surface area contributed by atoms with Crippen LogP contribution in [0.3, 0.4) is 0 Å². The molecule has 2 rings (SSSR count). The van der Waals surface area contributed by atoms with Crippen molar-refractivity contribution in [2.45, 2.75) is 0 Å². The second-order valence-corrected chi connectivity index (χ2v) is 3.30. The number of anilines is 1. The summed E-state index contributed by atoms with van der Waals surface area (Å²) >= 11 is 0. The molecule has 17 heavy (non-hydrogen) atoms. The van der Waals surface area contributed by atoms with Gasteiger partial charge in [-0.15, -0.1) is 0 Å². The quantitative estimate of drug-likeness (QED) is 0.829. The van der Waals surface area contributed by atoms with Crippen LogP contribution in [0.15, 0.2) is 36.5 Å². The topological polar surface area (TPSA) is 57.4 Å². The third-order valence-electron chi connectivity index (χ3n) is 2.14. The minimum Gasteiger partial charge on any atom is -0.495 e. The van der Waals surface area contributed by atoms with Crippen LogP contribution in [-0.2, 0) is 0 Å². The van der Waals surface area contributed by atoms with E-state index in [0.29, 0.717) is 17.2 Å². The van der Waals surface area contributed by atoms with E-state index in [1.807, 2.05) is 0 Å². The van der Waals surface area contributed by atoms with Gasteiger partial charge < -0.3 is 15.2 Å². The summed E-state index contributed by atoms with van der Waals surface area (Å²) in [5, 5.41) is 0. The monoisotopic (exact) mass is 234 g/mol. The molecule has 0 fully saturated rings. The summed E-state index contributed by atoms with van der Waals surface area (Å²) in [4.78, 5) is 3.78. The molecule has 1 aromatic carbocycles. The Bertz CT molecular complexity index is 532. The van der Waals surface area contributed by atoms with Crippen LogP contribution in [0.25, 0.3) is 0 Å². The van der Waals surface area contributed by atoms with Gasteiger partial charge in [-0.3, -0.25) is 0 Å². The molecule has 0 amide bonds. The first-order valence-electron chi connectivity index (χ1n) is 4.92. The van der Waals surface area contributed by atoms with Gasteiger partial charge in [0.05, 0.1) is 12.8 Å². The molecule has 0 aliphatic rings. The summed E-state index contributed by atoms with van der Waals surface area (Å²) in [6.07, 6.45) is 1.45. The Kier molecular flexibility index (Phi) is 3.09. The van der Waals surface area contributed by atoms with E-state index in [4.69, 9.17) is 15.2 Å². The Morgan fingerprint density at radius 1 is 1.29 bits per heavy atom. The van der Waals surface area contributed by atoms with Gasteiger partial charge in [0.1, 0.15) is 11.5 Å². The lowest BCUT2D eigenvalue weighted by Crippen LogP contribution is -1.95. The van der Waals surface area contributed by atoms with E-state index in [1.54, 1.807) is 18.2 Å². The van der Waals surface area contributed by atoms with Gasteiger partial charge in [-0.25, -0.2) is 9.37 Å². The molecule has 0 unspecified atom stereocenters. The second kappa shape index (κ2) is 4.69. The first-order chi connectivity index (χ1) is 8.20. The van der Waals surface area contributed by atoms with Crippen LogP contribution in [0.4, 0.5) is 10.1 Å². The van der Waals surface area contributed by atoms with Gasteiger partial charge in [-0.1, -0.05) is 0 Å². The highest BCUT2D eigenvalue weighted by molar-refractivity contribution is 5.56. The maximum absolute atomic E-state index is 13.3. The van der Waals surface area contributed by atoms with Crippen molar-refractivity contribution in [1.82, 2.24) is 4.98 Å². The molecule has 5 heteroatoms. The standard InChI is InChI=1S/C12H11FN2O2/c1-16-11-5-4-8(7-10(11)14)17-12-9(13)3-2-6-15-12/h2-7H,14H2,1H3. The van der Waals surface area contributed by atoms with Gasteiger partial charge in [-0.05, 0) is 24.3 Å². The van der Waals surface area contributed by atoms with Crippen LogP contribution in [0.2, 0.25) is 0 Å². The largest absolute Gasteiger partial charge is 0.495 e. The summed E-state index contributed by atoms with van der Waals surface area (Å²) in [5.74, 6) is 0.332. The fourth-order valence-electron chi connectivity index (χ4n) is 1.33. The van der Waals surface area contributed by atoms with Gasteiger partial charge in [0.2, 0.25) is 0 Å². The van der Waals surface area contributed by atoms with E-state index in [1.165, 1.54) is 25.4 Å². The average Bonchev–Trinajstić information content (AvgIpc) is 2.32. The Hall–Kier alpha value is -2.30. The number of aromatic nitrogens is 1. The van der Waals surface area contributed by atoms with Crippen LogP contribution < -0.4 is 15.2 Å². The number of rotatable bonds is 3. The Morgan fingerprint density at radius 2 is 2.12 bits per heavy atom. The van der Waals surface area contributed by atoms with E-state index in [9.17, 15) is 4.39 Å². The molecule has 0 radical (unpaired) electrons. The molecule has 0 atom stereocenters. The van der Waals surface area contributed by atoms with Crippen molar-refractivity contribution < 1.29 is 13.9 Å². The predicted octanol–water partition coefficient (Wildman–Crippen LogP) is 2.60. The Balaban J connectivity index is 2.25. The summed E-state index contributed by atoms with van der Waals surface area (Å²) in [6.45, 7) is 0. The second-order valence-electron chi connectivity index (χ2n) is 3.30. The lowest BCUT2D eigenvalue weighted by molar-refractivity contribution is 0.409. The van der Waals surface area contributed by atoms with Crippen LogP contribution in [0.1, 0.15) is 0 Å². The van der Waals surface area contributed by atoms with E-state index >= 15 is 0 Å². The number of hydrogen-bond acceptors (Lipinski definition) is 4. The maximum atomic E-state index is 13.3. The third-order valence-corrected chi connectivity index (χ3v) is 2.14. The third kappa shape index (κ3) is 2.44. The van der Waals surface area contributed by atoms with Crippen molar-refractivity contribution in [3.05, 3.63) is 42.3 Å². The smallest absolute Gasteiger partial charge is 0.255 e. The zero-order valence-corrected chi connectivity index (χ0v) is 9.18. The minimum absolute atomic E-state index is 0.0860. The van der Waals surface area contributed by atoms with Crippen molar-refractivity contribution in [2.75, 3.05) is 12.8 Å². The number of nitrogens with two attached hydrogens (primary N) is 1. The number of halogens is 1. The highest BCUT2D eigenvalue weighted by Gasteiger charge is 2.07. The number of methoxy groups -OCH3 is 1. The summed E-state index contributed by atoms with van der Waals surface area (Å²) in [7, 11) is 1.52. The molecular weight excluding hydrogens is 223 g/mol. The fourth-order valence-corrected chi connectivity index (χ4v) is 1.33. The molecule has 88 valence electrons. The van der Waals surface area contributed by atoms with Gasteiger partial charge in [-0.2, -0.15) is 0 Å². The number of nitrogens with zero attached hydrogens (tertiary/aromatic N) is 1. The maximum Gasteiger partial charge on any atom is 0.255 e. The summed E-state index contributed by atoms with van der Waals surface area (Å²) in [5.41, 5.74) is 6.12. The molecule has 0 spiro atoms. The van der Waals surface area contributed by atoms with Crippen molar-refractivity contribution in [3.8, 4) is 17.4 Å².